The summed E-state index contributed by atoms with van der Waals surface area (Å²) in [7, 11) is 0. The number of nitrogens with one attached hydrogen (secondary N) is 3. The summed E-state index contributed by atoms with van der Waals surface area (Å²) in [4.78, 5) is 25.6. The van der Waals surface area contributed by atoms with Gasteiger partial charge in [0, 0.05) is 47.2 Å². The van der Waals surface area contributed by atoms with E-state index < -0.39 is 0 Å². The molecule has 0 spiro atoms. The third-order valence-electron chi connectivity index (χ3n) is 4.86. The maximum atomic E-state index is 12.4. The summed E-state index contributed by atoms with van der Waals surface area (Å²) >= 11 is 12.0. The van der Waals surface area contributed by atoms with E-state index in [9.17, 15) is 4.79 Å². The lowest BCUT2D eigenvalue weighted by Crippen LogP contribution is -2.29. The molecule has 4 aromatic rings. The van der Waals surface area contributed by atoms with Gasteiger partial charge in [0.2, 0.25) is 11.9 Å². The molecule has 2 heterocycles. The van der Waals surface area contributed by atoms with Crippen LogP contribution in [0.5, 0.6) is 0 Å². The SMILES string of the molecule is O=C(CNc1cc(-c2cccnc2)nc(NCc2cccc(Cl)c2)n1)NCc1ccc(Cl)cc1. The van der Waals surface area contributed by atoms with E-state index in [-0.39, 0.29) is 12.5 Å². The first-order valence-electron chi connectivity index (χ1n) is 10.6. The van der Waals surface area contributed by atoms with Crippen LogP contribution in [0, 0.1) is 0 Å². The molecule has 0 aliphatic heterocycles. The van der Waals surface area contributed by atoms with Gasteiger partial charge in [-0.25, -0.2) is 4.98 Å². The lowest BCUT2D eigenvalue weighted by atomic mass is 10.2. The molecule has 0 saturated carbocycles. The van der Waals surface area contributed by atoms with Gasteiger partial charge in [-0.2, -0.15) is 4.98 Å². The highest BCUT2D eigenvalue weighted by Crippen LogP contribution is 2.21. The monoisotopic (exact) mass is 492 g/mol. The quantitative estimate of drug-likeness (QED) is 0.298. The average molecular weight is 493 g/mol. The van der Waals surface area contributed by atoms with Crippen LogP contribution >= 0.6 is 23.2 Å². The van der Waals surface area contributed by atoms with E-state index in [1.54, 1.807) is 30.6 Å². The molecule has 172 valence electrons. The van der Waals surface area contributed by atoms with E-state index in [2.05, 4.69) is 30.9 Å². The first kappa shape index (κ1) is 23.5. The van der Waals surface area contributed by atoms with Crippen molar-refractivity contribution in [2.24, 2.45) is 0 Å². The van der Waals surface area contributed by atoms with E-state index in [0.717, 1.165) is 16.7 Å². The Morgan fingerprint density at radius 1 is 0.824 bits per heavy atom. The lowest BCUT2D eigenvalue weighted by molar-refractivity contribution is -0.119. The van der Waals surface area contributed by atoms with Gasteiger partial charge in [0.05, 0.1) is 12.2 Å². The van der Waals surface area contributed by atoms with Crippen LogP contribution in [0.1, 0.15) is 11.1 Å². The van der Waals surface area contributed by atoms with Crippen molar-refractivity contribution in [1.29, 1.82) is 0 Å². The standard InChI is InChI=1S/C25H22Cl2N6O/c26-20-8-6-17(7-9-20)13-30-24(34)16-29-23-12-22(19-4-2-10-28-15-19)32-25(33-23)31-14-18-3-1-5-21(27)11-18/h1-12,15H,13-14,16H2,(H,30,34)(H2,29,31,32,33). The van der Waals surface area contributed by atoms with Crippen LogP contribution in [-0.2, 0) is 17.9 Å². The molecular weight excluding hydrogens is 471 g/mol. The molecular formula is C25H22Cl2N6O. The molecule has 2 aromatic carbocycles. The minimum Gasteiger partial charge on any atom is -0.361 e. The highest BCUT2D eigenvalue weighted by atomic mass is 35.5. The van der Waals surface area contributed by atoms with Gasteiger partial charge in [0.25, 0.3) is 0 Å². The Bertz CT molecular complexity index is 1250. The van der Waals surface area contributed by atoms with Crippen LogP contribution in [0.4, 0.5) is 11.8 Å². The fraction of sp³-hybridized carbons (Fsp3) is 0.120. The number of aromatic nitrogens is 3. The van der Waals surface area contributed by atoms with Crippen LogP contribution in [0.3, 0.4) is 0 Å². The number of rotatable bonds is 9. The third-order valence-corrected chi connectivity index (χ3v) is 5.34. The Hall–Kier alpha value is -3.68. The van der Waals surface area contributed by atoms with Crippen LogP contribution in [-0.4, -0.2) is 27.4 Å². The van der Waals surface area contributed by atoms with Gasteiger partial charge >= 0.3 is 0 Å². The smallest absolute Gasteiger partial charge is 0.239 e. The fourth-order valence-corrected chi connectivity index (χ4v) is 3.48. The Morgan fingerprint density at radius 2 is 1.68 bits per heavy atom. The first-order valence-corrected chi connectivity index (χ1v) is 11.3. The molecule has 4 rings (SSSR count). The molecule has 1 amide bonds. The molecule has 2 aromatic heterocycles. The summed E-state index contributed by atoms with van der Waals surface area (Å²) in [6.07, 6.45) is 3.43. The second-order valence-corrected chi connectivity index (χ2v) is 8.32. The van der Waals surface area contributed by atoms with Gasteiger partial charge < -0.3 is 16.0 Å². The van der Waals surface area contributed by atoms with Crippen molar-refractivity contribution in [2.45, 2.75) is 13.1 Å². The van der Waals surface area contributed by atoms with Gasteiger partial charge in [0.1, 0.15) is 5.82 Å². The zero-order chi connectivity index (χ0) is 23.8. The van der Waals surface area contributed by atoms with Gasteiger partial charge in [-0.1, -0.05) is 47.5 Å². The molecule has 0 radical (unpaired) electrons. The highest BCUT2D eigenvalue weighted by molar-refractivity contribution is 6.30. The average Bonchev–Trinajstić information content (AvgIpc) is 2.86. The van der Waals surface area contributed by atoms with Gasteiger partial charge in [-0.05, 0) is 47.5 Å². The molecule has 9 heteroatoms. The zero-order valence-electron chi connectivity index (χ0n) is 18.1. The van der Waals surface area contributed by atoms with E-state index >= 15 is 0 Å². The third kappa shape index (κ3) is 6.91. The van der Waals surface area contributed by atoms with Crippen molar-refractivity contribution in [2.75, 3.05) is 17.2 Å². The molecule has 0 atom stereocenters. The van der Waals surface area contributed by atoms with Crippen LogP contribution in [0.2, 0.25) is 10.0 Å². The Morgan fingerprint density at radius 3 is 2.44 bits per heavy atom. The van der Waals surface area contributed by atoms with Crippen LogP contribution < -0.4 is 16.0 Å². The Labute approximate surface area is 207 Å². The molecule has 3 N–H and O–H groups in total. The lowest BCUT2D eigenvalue weighted by Gasteiger charge is -2.12. The summed E-state index contributed by atoms with van der Waals surface area (Å²) in [5.41, 5.74) is 3.48. The first-order chi connectivity index (χ1) is 16.5. The second kappa shape index (κ2) is 11.4. The predicted molar refractivity (Wildman–Crippen MR) is 136 cm³/mol. The number of carbonyl (C=O) groups excluding carboxylic acids is 1. The molecule has 0 unspecified atom stereocenters. The number of hydrogen-bond acceptors (Lipinski definition) is 6. The number of benzene rings is 2. The van der Waals surface area contributed by atoms with Gasteiger partial charge in [-0.3, -0.25) is 9.78 Å². The van der Waals surface area contributed by atoms with Crippen LogP contribution in [0.15, 0.2) is 79.1 Å². The minimum atomic E-state index is -0.162. The van der Waals surface area contributed by atoms with Crippen molar-refractivity contribution in [3.05, 3.63) is 100 Å². The predicted octanol–water partition coefficient (Wildman–Crippen LogP) is 5.19. The number of nitrogens with zero attached hydrogens (tertiary/aromatic N) is 3. The molecule has 34 heavy (non-hydrogen) atoms. The number of amides is 1. The van der Waals surface area contributed by atoms with E-state index in [1.165, 1.54) is 0 Å². The summed E-state index contributed by atoms with van der Waals surface area (Å²) in [5, 5.41) is 10.5. The fourth-order valence-electron chi connectivity index (χ4n) is 3.14. The maximum absolute atomic E-state index is 12.4. The normalized spacial score (nSPS) is 10.5. The number of pyridine rings is 1. The topological polar surface area (TPSA) is 91.8 Å². The highest BCUT2D eigenvalue weighted by Gasteiger charge is 2.09. The Balaban J connectivity index is 1.43. The largest absolute Gasteiger partial charge is 0.361 e. The van der Waals surface area contributed by atoms with Gasteiger partial charge in [-0.15, -0.1) is 0 Å². The van der Waals surface area contributed by atoms with E-state index in [4.69, 9.17) is 23.2 Å². The number of hydrogen-bond donors (Lipinski definition) is 3. The number of carbonyl (C=O) groups is 1. The molecule has 0 fully saturated rings. The molecule has 0 bridgehead atoms. The molecule has 0 aliphatic carbocycles. The van der Waals surface area contributed by atoms with Crippen molar-refractivity contribution in [3.8, 4) is 11.3 Å². The number of anilines is 2. The van der Waals surface area contributed by atoms with Crippen molar-refractivity contribution in [3.63, 3.8) is 0 Å². The maximum Gasteiger partial charge on any atom is 0.239 e. The second-order valence-electron chi connectivity index (χ2n) is 7.44. The van der Waals surface area contributed by atoms with Crippen molar-refractivity contribution in [1.82, 2.24) is 20.3 Å². The summed E-state index contributed by atoms with van der Waals surface area (Å²) < 4.78 is 0. The van der Waals surface area contributed by atoms with Crippen molar-refractivity contribution >= 4 is 40.9 Å². The number of halogens is 2. The van der Waals surface area contributed by atoms with E-state index in [1.807, 2.05) is 48.5 Å². The zero-order valence-corrected chi connectivity index (χ0v) is 19.6. The van der Waals surface area contributed by atoms with Gasteiger partial charge in [0.15, 0.2) is 0 Å². The Kier molecular flexibility index (Phi) is 7.91. The van der Waals surface area contributed by atoms with Crippen LogP contribution in [0.25, 0.3) is 11.3 Å². The molecule has 7 nitrogen and oxygen atoms in total. The van der Waals surface area contributed by atoms with E-state index in [0.29, 0.717) is 40.6 Å². The molecule has 0 saturated heterocycles. The summed E-state index contributed by atoms with van der Waals surface area (Å²) in [6, 6.07) is 20.4. The molecule has 0 aliphatic rings. The van der Waals surface area contributed by atoms with Crippen molar-refractivity contribution < 1.29 is 4.79 Å². The summed E-state index contributed by atoms with van der Waals surface area (Å²) in [6.45, 7) is 0.970. The minimum absolute atomic E-state index is 0.0603. The summed E-state index contributed by atoms with van der Waals surface area (Å²) in [5.74, 6) is 0.777.